The van der Waals surface area contributed by atoms with Crippen molar-refractivity contribution in [1.82, 2.24) is 10.2 Å². The molecule has 0 aromatic heterocycles. The molecule has 2 atom stereocenters. The molecule has 0 aromatic rings. The fourth-order valence-corrected chi connectivity index (χ4v) is 1.12. The molecule has 0 aliphatic carbocycles. The van der Waals surface area contributed by atoms with Crippen LogP contribution in [0.4, 0.5) is 4.79 Å². The third kappa shape index (κ3) is 5.22. The molecule has 0 radical (unpaired) electrons. The molecular weight excluding hydrogens is 224 g/mol. The monoisotopic (exact) mass is 242 g/mol. The lowest BCUT2D eigenvalue weighted by Gasteiger charge is -2.25. The van der Waals surface area contributed by atoms with E-state index in [1.165, 1.54) is 12.0 Å². The van der Waals surface area contributed by atoms with E-state index in [4.69, 9.17) is 16.3 Å². The van der Waals surface area contributed by atoms with Crippen molar-refractivity contribution >= 4 is 12.0 Å². The zero-order valence-corrected chi connectivity index (χ0v) is 10.3. The Hall–Kier alpha value is -1.74. The Balaban J connectivity index is 4.40. The van der Waals surface area contributed by atoms with Gasteiger partial charge in [0, 0.05) is 20.6 Å². The average molecular weight is 242 g/mol. The van der Waals surface area contributed by atoms with Gasteiger partial charge >= 0.3 is 12.0 Å². The van der Waals surface area contributed by atoms with Gasteiger partial charge in [0.1, 0.15) is 6.04 Å². The van der Waals surface area contributed by atoms with Gasteiger partial charge in [-0.15, -0.1) is 12.3 Å². The fourth-order valence-electron chi connectivity index (χ4n) is 1.12. The summed E-state index contributed by atoms with van der Waals surface area (Å²) in [6.45, 7) is 2.16. The van der Waals surface area contributed by atoms with Crippen LogP contribution < -0.4 is 5.32 Å². The fraction of sp³-hybridized carbons (Fsp3) is 0.636. The van der Waals surface area contributed by atoms with Crippen LogP contribution in [0.5, 0.6) is 0 Å². The van der Waals surface area contributed by atoms with Gasteiger partial charge in [0.2, 0.25) is 0 Å². The first kappa shape index (κ1) is 15.3. The van der Waals surface area contributed by atoms with Crippen LogP contribution in [0.15, 0.2) is 0 Å². The van der Waals surface area contributed by atoms with Crippen LogP contribution in [-0.2, 0) is 9.53 Å². The zero-order chi connectivity index (χ0) is 13.4. The minimum absolute atomic E-state index is 0.0480. The molecule has 6 heteroatoms. The number of rotatable bonds is 6. The Labute approximate surface area is 101 Å². The second-order valence-corrected chi connectivity index (χ2v) is 3.66. The molecule has 2 N–H and O–H groups in total. The number of hydrogen-bond acceptors (Lipinski definition) is 3. The Morgan fingerprint density at radius 1 is 1.59 bits per heavy atom. The highest BCUT2D eigenvalue weighted by atomic mass is 16.5. The summed E-state index contributed by atoms with van der Waals surface area (Å²) in [7, 11) is 3.09. The van der Waals surface area contributed by atoms with E-state index >= 15 is 0 Å². The number of ether oxygens (including phenoxy) is 1. The topological polar surface area (TPSA) is 78.9 Å². The summed E-state index contributed by atoms with van der Waals surface area (Å²) in [5.74, 6) is 1.06. The van der Waals surface area contributed by atoms with E-state index in [9.17, 15) is 9.59 Å². The minimum Gasteiger partial charge on any atom is -0.480 e. The van der Waals surface area contributed by atoms with Gasteiger partial charge in [-0.3, -0.25) is 0 Å². The molecule has 0 aliphatic heterocycles. The second kappa shape index (κ2) is 7.52. The molecule has 0 heterocycles. The molecule has 0 fully saturated rings. The molecule has 0 bridgehead atoms. The number of hydrogen-bond donors (Lipinski definition) is 2. The smallest absolute Gasteiger partial charge is 0.327 e. The normalized spacial score (nSPS) is 13.3. The Bertz CT molecular complexity index is 311. The van der Waals surface area contributed by atoms with Gasteiger partial charge in [-0.2, -0.15) is 0 Å². The number of aliphatic carboxylic acids is 1. The van der Waals surface area contributed by atoms with Crippen molar-refractivity contribution in [3.63, 3.8) is 0 Å². The number of amides is 2. The molecule has 0 aromatic carbocycles. The first-order valence-electron chi connectivity index (χ1n) is 5.12. The van der Waals surface area contributed by atoms with Crippen molar-refractivity contribution < 1.29 is 19.4 Å². The number of urea groups is 1. The number of nitrogens with zero attached hydrogens (tertiary/aromatic N) is 1. The maximum Gasteiger partial charge on any atom is 0.327 e. The predicted molar refractivity (Wildman–Crippen MR) is 62.5 cm³/mol. The van der Waals surface area contributed by atoms with Crippen molar-refractivity contribution in [2.24, 2.45) is 0 Å². The summed E-state index contributed by atoms with van der Waals surface area (Å²) < 4.78 is 4.90. The van der Waals surface area contributed by atoms with Crippen LogP contribution in [-0.4, -0.2) is 54.9 Å². The molecule has 17 heavy (non-hydrogen) atoms. The number of nitrogens with one attached hydrogen (secondary N) is 1. The maximum absolute atomic E-state index is 11.7. The Morgan fingerprint density at radius 2 is 2.18 bits per heavy atom. The van der Waals surface area contributed by atoms with Gasteiger partial charge in [0.05, 0.1) is 12.6 Å². The van der Waals surface area contributed by atoms with Crippen LogP contribution in [0.1, 0.15) is 13.3 Å². The lowest BCUT2D eigenvalue weighted by atomic mass is 10.2. The van der Waals surface area contributed by atoms with Gasteiger partial charge < -0.3 is 20.1 Å². The number of carbonyl (C=O) groups is 2. The lowest BCUT2D eigenvalue weighted by molar-refractivity contribution is -0.139. The van der Waals surface area contributed by atoms with Crippen LogP contribution in [0, 0.1) is 12.3 Å². The second-order valence-electron chi connectivity index (χ2n) is 3.66. The van der Waals surface area contributed by atoms with Crippen molar-refractivity contribution in [3.8, 4) is 12.3 Å². The number of methoxy groups -OCH3 is 1. The highest BCUT2D eigenvalue weighted by Gasteiger charge is 2.22. The summed E-state index contributed by atoms with van der Waals surface area (Å²) >= 11 is 0. The highest BCUT2D eigenvalue weighted by molar-refractivity contribution is 5.82. The van der Waals surface area contributed by atoms with Crippen LogP contribution in [0.2, 0.25) is 0 Å². The van der Waals surface area contributed by atoms with Crippen molar-refractivity contribution in [3.05, 3.63) is 0 Å². The van der Waals surface area contributed by atoms with E-state index in [1.807, 2.05) is 0 Å². The number of carboxylic acid groups (broad SMARTS) is 1. The van der Waals surface area contributed by atoms with Crippen molar-refractivity contribution in [2.75, 3.05) is 20.8 Å². The number of likely N-dealkylation sites (N-methyl/N-ethyl adjacent to an activating group) is 1. The molecule has 2 amide bonds. The van der Waals surface area contributed by atoms with E-state index in [0.717, 1.165) is 0 Å². The number of carbonyl (C=O) groups excluding carboxylic acids is 1. The standard InChI is InChI=1S/C11H18N2O4/c1-5-6-9(10(14)15)12-11(16)13(3)8(2)7-17-4/h1,8-9H,6-7H2,2-4H3,(H,12,16)(H,14,15). The summed E-state index contributed by atoms with van der Waals surface area (Å²) in [4.78, 5) is 23.8. The third-order valence-corrected chi connectivity index (χ3v) is 2.31. The zero-order valence-electron chi connectivity index (χ0n) is 10.3. The number of carboxylic acids is 1. The maximum atomic E-state index is 11.7. The van der Waals surface area contributed by atoms with Gasteiger partial charge in [0.15, 0.2) is 0 Å². The minimum atomic E-state index is -1.15. The van der Waals surface area contributed by atoms with Crippen molar-refractivity contribution in [1.29, 1.82) is 0 Å². The van der Waals surface area contributed by atoms with Crippen LogP contribution in [0.25, 0.3) is 0 Å². The molecule has 0 rings (SSSR count). The Morgan fingerprint density at radius 3 is 2.59 bits per heavy atom. The molecule has 2 unspecified atom stereocenters. The van der Waals surface area contributed by atoms with Crippen LogP contribution >= 0.6 is 0 Å². The predicted octanol–water partition coefficient (Wildman–Crippen LogP) is 0.139. The van der Waals surface area contributed by atoms with E-state index in [0.29, 0.717) is 6.61 Å². The molecule has 0 saturated heterocycles. The quantitative estimate of drug-likeness (QED) is 0.649. The number of terminal acetylenes is 1. The van der Waals surface area contributed by atoms with E-state index < -0.39 is 18.0 Å². The summed E-state index contributed by atoms with van der Waals surface area (Å²) in [5, 5.41) is 11.2. The van der Waals surface area contributed by atoms with Gasteiger partial charge in [-0.05, 0) is 6.92 Å². The molecule has 6 nitrogen and oxygen atoms in total. The summed E-state index contributed by atoms with van der Waals surface area (Å²) in [6.07, 6.45) is 4.98. The summed E-state index contributed by atoms with van der Waals surface area (Å²) in [6, 6.07) is -1.71. The van der Waals surface area contributed by atoms with Gasteiger partial charge in [0.25, 0.3) is 0 Å². The Kier molecular flexibility index (Phi) is 6.75. The van der Waals surface area contributed by atoms with Gasteiger partial charge in [-0.25, -0.2) is 9.59 Å². The molecule has 96 valence electrons. The van der Waals surface area contributed by atoms with E-state index in [2.05, 4.69) is 11.2 Å². The summed E-state index contributed by atoms with van der Waals surface area (Å²) in [5.41, 5.74) is 0. The largest absolute Gasteiger partial charge is 0.480 e. The van der Waals surface area contributed by atoms with Crippen molar-refractivity contribution in [2.45, 2.75) is 25.4 Å². The van der Waals surface area contributed by atoms with Crippen LogP contribution in [0.3, 0.4) is 0 Å². The molecule has 0 aliphatic rings. The third-order valence-electron chi connectivity index (χ3n) is 2.31. The van der Waals surface area contributed by atoms with E-state index in [-0.39, 0.29) is 12.5 Å². The average Bonchev–Trinajstić information content (AvgIpc) is 2.27. The first-order chi connectivity index (χ1) is 7.93. The first-order valence-corrected chi connectivity index (χ1v) is 5.12. The molecule has 0 saturated carbocycles. The van der Waals surface area contributed by atoms with Gasteiger partial charge in [-0.1, -0.05) is 0 Å². The molecule has 0 spiro atoms. The highest BCUT2D eigenvalue weighted by Crippen LogP contribution is 1.99. The lowest BCUT2D eigenvalue weighted by Crippen LogP contribution is -2.49. The molecular formula is C11H18N2O4. The van der Waals surface area contributed by atoms with E-state index in [1.54, 1.807) is 14.0 Å². The SMILES string of the molecule is C#CCC(NC(=O)N(C)C(C)COC)C(=O)O.